The third kappa shape index (κ3) is 5.72. The summed E-state index contributed by atoms with van der Waals surface area (Å²) < 4.78 is 0. The molecule has 0 aliphatic rings. The lowest BCUT2D eigenvalue weighted by molar-refractivity contribution is 0.0938. The predicted octanol–water partition coefficient (Wildman–Crippen LogP) is 3.28. The van der Waals surface area contributed by atoms with Crippen molar-refractivity contribution >= 4 is 17.6 Å². The summed E-state index contributed by atoms with van der Waals surface area (Å²) >= 11 is 0. The number of pyridine rings is 1. The second kappa shape index (κ2) is 9.29. The van der Waals surface area contributed by atoms with Crippen molar-refractivity contribution < 1.29 is 9.59 Å². The molecule has 0 saturated heterocycles. The molecule has 3 N–H and O–H groups in total. The number of hydrogen-bond acceptors (Lipinski definition) is 3. The van der Waals surface area contributed by atoms with E-state index >= 15 is 0 Å². The first-order valence-corrected chi connectivity index (χ1v) is 8.05. The Morgan fingerprint density at radius 2 is 1.67 bits per heavy atom. The van der Waals surface area contributed by atoms with Crippen molar-refractivity contribution in [3.8, 4) is 0 Å². The number of nitrogens with one attached hydrogen (secondary N) is 3. The van der Waals surface area contributed by atoms with Crippen molar-refractivity contribution in [1.82, 2.24) is 15.8 Å². The highest BCUT2D eigenvalue weighted by molar-refractivity contribution is 5.96. The third-order valence-corrected chi connectivity index (χ3v) is 3.51. The van der Waals surface area contributed by atoms with Crippen LogP contribution in [0.2, 0.25) is 0 Å². The SMILES string of the molecule is CCCCCc1ccc(NC(=O)NNC(=O)c2ccncc2)cc1. The quantitative estimate of drug-likeness (QED) is 0.563. The molecule has 1 heterocycles. The molecule has 1 aromatic heterocycles. The van der Waals surface area contributed by atoms with Gasteiger partial charge >= 0.3 is 6.03 Å². The number of hydrazine groups is 1. The van der Waals surface area contributed by atoms with E-state index in [9.17, 15) is 9.59 Å². The van der Waals surface area contributed by atoms with Crippen LogP contribution < -0.4 is 16.2 Å². The monoisotopic (exact) mass is 326 g/mol. The number of benzene rings is 1. The normalized spacial score (nSPS) is 10.0. The number of unbranched alkanes of at least 4 members (excludes halogenated alkanes) is 2. The molecule has 0 unspecified atom stereocenters. The Morgan fingerprint density at radius 1 is 0.958 bits per heavy atom. The number of hydrogen-bond donors (Lipinski definition) is 3. The van der Waals surface area contributed by atoms with Crippen LogP contribution in [0.5, 0.6) is 0 Å². The second-order valence-corrected chi connectivity index (χ2v) is 5.42. The Morgan fingerprint density at radius 3 is 2.33 bits per heavy atom. The standard InChI is InChI=1S/C18H22N4O2/c1-2-3-4-5-14-6-8-16(9-7-14)20-18(24)22-21-17(23)15-10-12-19-13-11-15/h6-13H,2-5H2,1H3,(H,21,23)(H2,20,22,24). The van der Waals surface area contributed by atoms with Crippen molar-refractivity contribution in [2.24, 2.45) is 0 Å². The first kappa shape index (κ1) is 17.5. The topological polar surface area (TPSA) is 83.1 Å². The van der Waals surface area contributed by atoms with E-state index in [0.29, 0.717) is 11.3 Å². The van der Waals surface area contributed by atoms with E-state index in [0.717, 1.165) is 6.42 Å². The van der Waals surface area contributed by atoms with Gasteiger partial charge in [0, 0.05) is 23.6 Å². The number of carbonyl (C=O) groups excluding carboxylic acids is 2. The molecule has 24 heavy (non-hydrogen) atoms. The van der Waals surface area contributed by atoms with Gasteiger partial charge in [-0.15, -0.1) is 0 Å². The number of amides is 3. The molecule has 2 aromatic rings. The number of rotatable bonds is 6. The second-order valence-electron chi connectivity index (χ2n) is 5.42. The van der Waals surface area contributed by atoms with Crippen LogP contribution in [0, 0.1) is 0 Å². The summed E-state index contributed by atoms with van der Waals surface area (Å²) in [5.74, 6) is -0.404. The van der Waals surface area contributed by atoms with E-state index in [1.54, 1.807) is 12.1 Å². The molecular weight excluding hydrogens is 304 g/mol. The first-order chi connectivity index (χ1) is 11.7. The maximum atomic E-state index is 11.8. The van der Waals surface area contributed by atoms with Gasteiger partial charge in [-0.2, -0.15) is 0 Å². The minimum atomic E-state index is -0.504. The summed E-state index contributed by atoms with van der Waals surface area (Å²) in [5, 5.41) is 2.67. The van der Waals surface area contributed by atoms with Crippen molar-refractivity contribution in [2.75, 3.05) is 5.32 Å². The van der Waals surface area contributed by atoms with Gasteiger partial charge in [-0.1, -0.05) is 31.9 Å². The molecule has 0 spiro atoms. The molecule has 6 heteroatoms. The third-order valence-electron chi connectivity index (χ3n) is 3.51. The van der Waals surface area contributed by atoms with Crippen LogP contribution in [0.3, 0.4) is 0 Å². The lowest BCUT2D eigenvalue weighted by atomic mass is 10.1. The van der Waals surface area contributed by atoms with Crippen LogP contribution >= 0.6 is 0 Å². The number of carbonyl (C=O) groups is 2. The number of aromatic nitrogens is 1. The zero-order valence-electron chi connectivity index (χ0n) is 13.7. The summed E-state index contributed by atoms with van der Waals surface area (Å²) in [6, 6.07) is 10.3. The van der Waals surface area contributed by atoms with Gasteiger partial charge in [-0.05, 0) is 42.7 Å². The van der Waals surface area contributed by atoms with E-state index in [1.807, 2.05) is 24.3 Å². The zero-order chi connectivity index (χ0) is 17.2. The average molecular weight is 326 g/mol. The summed E-state index contributed by atoms with van der Waals surface area (Å²) in [6.45, 7) is 2.18. The smallest absolute Gasteiger partial charge is 0.307 e. The van der Waals surface area contributed by atoms with E-state index in [4.69, 9.17) is 0 Å². The summed E-state index contributed by atoms with van der Waals surface area (Å²) in [5.41, 5.74) is 6.99. The van der Waals surface area contributed by atoms with Crippen LogP contribution in [-0.2, 0) is 6.42 Å². The highest BCUT2D eigenvalue weighted by Crippen LogP contribution is 2.12. The minimum absolute atomic E-state index is 0.404. The van der Waals surface area contributed by atoms with Crippen molar-refractivity contribution in [3.05, 3.63) is 59.9 Å². The van der Waals surface area contributed by atoms with Gasteiger partial charge in [0.15, 0.2) is 0 Å². The minimum Gasteiger partial charge on any atom is -0.307 e. The van der Waals surface area contributed by atoms with E-state index < -0.39 is 11.9 Å². The van der Waals surface area contributed by atoms with Gasteiger partial charge in [0.2, 0.25) is 0 Å². The van der Waals surface area contributed by atoms with Gasteiger partial charge in [-0.25, -0.2) is 10.2 Å². The van der Waals surface area contributed by atoms with E-state index in [1.165, 1.54) is 37.2 Å². The molecule has 126 valence electrons. The maximum Gasteiger partial charge on any atom is 0.337 e. The molecule has 2 rings (SSSR count). The Bertz CT molecular complexity index is 656. The van der Waals surface area contributed by atoms with Gasteiger partial charge < -0.3 is 5.32 Å². The molecule has 6 nitrogen and oxygen atoms in total. The van der Waals surface area contributed by atoms with Gasteiger partial charge in [0.05, 0.1) is 0 Å². The van der Waals surface area contributed by atoms with Crippen molar-refractivity contribution in [1.29, 1.82) is 0 Å². The Kier molecular flexibility index (Phi) is 6.76. The first-order valence-electron chi connectivity index (χ1n) is 8.05. The highest BCUT2D eigenvalue weighted by atomic mass is 16.2. The Labute approximate surface area is 141 Å². The number of nitrogens with zero attached hydrogens (tertiary/aromatic N) is 1. The van der Waals surface area contributed by atoms with Crippen LogP contribution in [0.1, 0.15) is 42.1 Å². The highest BCUT2D eigenvalue weighted by Gasteiger charge is 2.06. The van der Waals surface area contributed by atoms with Crippen LogP contribution in [-0.4, -0.2) is 16.9 Å². The summed E-state index contributed by atoms with van der Waals surface area (Å²) in [7, 11) is 0. The summed E-state index contributed by atoms with van der Waals surface area (Å²) in [4.78, 5) is 27.4. The van der Waals surface area contributed by atoms with Gasteiger partial charge in [0.1, 0.15) is 0 Å². The average Bonchev–Trinajstić information content (AvgIpc) is 2.62. The van der Waals surface area contributed by atoms with Crippen LogP contribution in [0.25, 0.3) is 0 Å². The molecule has 3 amide bonds. The predicted molar refractivity (Wildman–Crippen MR) is 93.5 cm³/mol. The van der Waals surface area contributed by atoms with E-state index in [-0.39, 0.29) is 0 Å². The Balaban J connectivity index is 1.76. The lowest BCUT2D eigenvalue weighted by Crippen LogP contribution is -2.43. The van der Waals surface area contributed by atoms with Crippen LogP contribution in [0.15, 0.2) is 48.8 Å². The van der Waals surface area contributed by atoms with Gasteiger partial charge in [0.25, 0.3) is 5.91 Å². The molecular formula is C18H22N4O2. The molecule has 0 aliphatic carbocycles. The van der Waals surface area contributed by atoms with Crippen molar-refractivity contribution in [2.45, 2.75) is 32.6 Å². The molecule has 0 bridgehead atoms. The number of anilines is 1. The fourth-order valence-corrected chi connectivity index (χ4v) is 2.19. The number of aryl methyl sites for hydroxylation is 1. The fourth-order valence-electron chi connectivity index (χ4n) is 2.19. The summed E-state index contributed by atoms with van der Waals surface area (Å²) in [6.07, 6.45) is 7.66. The van der Waals surface area contributed by atoms with Crippen LogP contribution in [0.4, 0.5) is 10.5 Å². The lowest BCUT2D eigenvalue weighted by Gasteiger charge is -2.09. The van der Waals surface area contributed by atoms with Gasteiger partial charge in [-0.3, -0.25) is 15.2 Å². The van der Waals surface area contributed by atoms with Crippen molar-refractivity contribution in [3.63, 3.8) is 0 Å². The molecule has 1 aromatic carbocycles. The number of urea groups is 1. The molecule has 0 atom stereocenters. The maximum absolute atomic E-state index is 11.8. The van der Waals surface area contributed by atoms with E-state index in [2.05, 4.69) is 28.1 Å². The largest absolute Gasteiger partial charge is 0.337 e. The molecule has 0 fully saturated rings. The Hall–Kier alpha value is -2.89. The zero-order valence-corrected chi connectivity index (χ0v) is 13.7. The molecule has 0 saturated carbocycles. The molecule has 0 aliphatic heterocycles. The molecule has 0 radical (unpaired) electrons. The fraction of sp³-hybridized carbons (Fsp3) is 0.278.